The molecule has 0 saturated carbocycles. The molecule has 2 atom stereocenters. The number of hydrogen-bond acceptors (Lipinski definition) is 3. The number of carbonyl (C=O) groups excluding carboxylic acids is 2. The molecular weight excluding hydrogens is 328 g/mol. The molecule has 2 aromatic rings. The van der Waals surface area contributed by atoms with Crippen molar-refractivity contribution in [2.45, 2.75) is 19.4 Å². The first kappa shape index (κ1) is 18.0. The van der Waals surface area contributed by atoms with Gasteiger partial charge in [0, 0.05) is 31.8 Å². The fourth-order valence-corrected chi connectivity index (χ4v) is 3.33. The van der Waals surface area contributed by atoms with Gasteiger partial charge in [-0.1, -0.05) is 36.4 Å². The van der Waals surface area contributed by atoms with Crippen molar-refractivity contribution in [3.05, 3.63) is 60.2 Å². The summed E-state index contributed by atoms with van der Waals surface area (Å²) in [6, 6.07) is 17.2. The molecule has 0 aromatic heterocycles. The molecule has 136 valence electrons. The number of methoxy groups -OCH3 is 1. The van der Waals surface area contributed by atoms with Gasteiger partial charge in [-0.25, -0.2) is 0 Å². The predicted octanol–water partition coefficient (Wildman–Crippen LogP) is 3.27. The zero-order valence-electron chi connectivity index (χ0n) is 15.4. The molecule has 2 amide bonds. The lowest BCUT2D eigenvalue weighted by atomic mass is 10.0. The van der Waals surface area contributed by atoms with Gasteiger partial charge in [0.2, 0.25) is 11.8 Å². The number of benzene rings is 2. The first-order valence-electron chi connectivity index (χ1n) is 8.77. The van der Waals surface area contributed by atoms with Crippen LogP contribution in [0.5, 0.6) is 5.75 Å². The topological polar surface area (TPSA) is 49.9 Å². The third kappa shape index (κ3) is 3.57. The minimum absolute atomic E-state index is 0.0000918. The van der Waals surface area contributed by atoms with Gasteiger partial charge in [-0.15, -0.1) is 0 Å². The third-order valence-electron chi connectivity index (χ3n) is 5.05. The highest BCUT2D eigenvalue weighted by molar-refractivity contribution is 6.00. The maximum Gasteiger partial charge on any atom is 0.228 e. The highest BCUT2D eigenvalue weighted by atomic mass is 16.5. The van der Waals surface area contributed by atoms with Crippen LogP contribution < -0.4 is 9.64 Å². The Labute approximate surface area is 154 Å². The van der Waals surface area contributed by atoms with Gasteiger partial charge in [0.25, 0.3) is 0 Å². The molecule has 5 heteroatoms. The molecule has 3 rings (SSSR count). The van der Waals surface area contributed by atoms with E-state index in [1.807, 2.05) is 61.5 Å². The van der Waals surface area contributed by atoms with Gasteiger partial charge in [0.1, 0.15) is 5.75 Å². The lowest BCUT2D eigenvalue weighted by Crippen LogP contribution is -2.36. The Morgan fingerprint density at radius 2 is 1.92 bits per heavy atom. The van der Waals surface area contributed by atoms with Crippen molar-refractivity contribution < 1.29 is 14.3 Å². The van der Waals surface area contributed by atoms with E-state index >= 15 is 0 Å². The van der Waals surface area contributed by atoms with Crippen LogP contribution >= 0.6 is 0 Å². The van der Waals surface area contributed by atoms with E-state index in [4.69, 9.17) is 4.74 Å². The summed E-state index contributed by atoms with van der Waals surface area (Å²) in [5.41, 5.74) is 1.85. The van der Waals surface area contributed by atoms with Crippen LogP contribution in [-0.2, 0) is 9.59 Å². The van der Waals surface area contributed by atoms with Crippen LogP contribution in [-0.4, -0.2) is 37.4 Å². The molecule has 1 saturated heterocycles. The highest BCUT2D eigenvalue weighted by Gasteiger charge is 2.37. The molecule has 0 aliphatic carbocycles. The molecule has 1 aliphatic heterocycles. The van der Waals surface area contributed by atoms with Gasteiger partial charge in [0.05, 0.1) is 19.1 Å². The largest absolute Gasteiger partial charge is 0.497 e. The Kier molecular flexibility index (Phi) is 5.26. The molecule has 0 bridgehead atoms. The number of anilines is 1. The van der Waals surface area contributed by atoms with E-state index in [0.29, 0.717) is 12.3 Å². The Balaban J connectivity index is 1.72. The normalized spacial score (nSPS) is 17.9. The standard InChI is InChI=1S/C21H24N2O3/c1-15(16-8-5-4-6-9-16)22(2)21(25)17-12-20(24)23(14-17)18-10-7-11-19(13-18)26-3/h4-11,13,15,17H,12,14H2,1-3H3. The van der Waals surface area contributed by atoms with E-state index in [1.54, 1.807) is 24.0 Å². The van der Waals surface area contributed by atoms with Crippen LogP contribution in [0.4, 0.5) is 5.69 Å². The Bertz CT molecular complexity index is 791. The van der Waals surface area contributed by atoms with E-state index in [9.17, 15) is 9.59 Å². The summed E-state index contributed by atoms with van der Waals surface area (Å²) in [6.07, 6.45) is 0.238. The van der Waals surface area contributed by atoms with Crippen molar-refractivity contribution >= 4 is 17.5 Å². The molecule has 5 nitrogen and oxygen atoms in total. The number of rotatable bonds is 5. The molecule has 1 heterocycles. The molecule has 0 spiro atoms. The molecule has 0 N–H and O–H groups in total. The molecule has 1 fully saturated rings. The van der Waals surface area contributed by atoms with Gasteiger partial charge < -0.3 is 14.5 Å². The lowest BCUT2D eigenvalue weighted by molar-refractivity contribution is -0.136. The zero-order valence-corrected chi connectivity index (χ0v) is 15.4. The maximum absolute atomic E-state index is 12.9. The predicted molar refractivity (Wildman–Crippen MR) is 101 cm³/mol. The third-order valence-corrected chi connectivity index (χ3v) is 5.05. The Hall–Kier alpha value is -2.82. The molecular formula is C21H24N2O3. The first-order chi connectivity index (χ1) is 12.5. The quantitative estimate of drug-likeness (QED) is 0.830. The Morgan fingerprint density at radius 1 is 1.19 bits per heavy atom. The van der Waals surface area contributed by atoms with Crippen molar-refractivity contribution in [2.24, 2.45) is 5.92 Å². The number of amides is 2. The van der Waals surface area contributed by atoms with Crippen LogP contribution in [0.2, 0.25) is 0 Å². The second-order valence-corrected chi connectivity index (χ2v) is 6.64. The number of nitrogens with zero attached hydrogens (tertiary/aromatic N) is 2. The van der Waals surface area contributed by atoms with Gasteiger partial charge in [-0.2, -0.15) is 0 Å². The summed E-state index contributed by atoms with van der Waals surface area (Å²) in [5.74, 6) is 0.335. The van der Waals surface area contributed by atoms with Crippen LogP contribution in [0.1, 0.15) is 24.9 Å². The maximum atomic E-state index is 12.9. The van der Waals surface area contributed by atoms with Gasteiger partial charge >= 0.3 is 0 Å². The van der Waals surface area contributed by atoms with E-state index in [1.165, 1.54) is 0 Å². The van der Waals surface area contributed by atoms with Crippen LogP contribution in [0, 0.1) is 5.92 Å². The fourth-order valence-electron chi connectivity index (χ4n) is 3.33. The summed E-state index contributed by atoms with van der Waals surface area (Å²) < 4.78 is 5.23. The van der Waals surface area contributed by atoms with E-state index in [2.05, 4.69) is 0 Å². The van der Waals surface area contributed by atoms with Gasteiger partial charge in [-0.05, 0) is 24.6 Å². The molecule has 1 aliphatic rings. The van der Waals surface area contributed by atoms with Crippen LogP contribution in [0.15, 0.2) is 54.6 Å². The summed E-state index contributed by atoms with van der Waals surface area (Å²) >= 11 is 0. The minimum atomic E-state index is -0.329. The summed E-state index contributed by atoms with van der Waals surface area (Å²) in [4.78, 5) is 28.8. The molecule has 2 unspecified atom stereocenters. The van der Waals surface area contributed by atoms with Crippen molar-refractivity contribution in [3.63, 3.8) is 0 Å². The smallest absolute Gasteiger partial charge is 0.228 e. The average Bonchev–Trinajstić information content (AvgIpc) is 3.08. The molecule has 2 aromatic carbocycles. The fraction of sp³-hybridized carbons (Fsp3) is 0.333. The van der Waals surface area contributed by atoms with E-state index in [-0.39, 0.29) is 30.2 Å². The van der Waals surface area contributed by atoms with Crippen LogP contribution in [0.25, 0.3) is 0 Å². The van der Waals surface area contributed by atoms with Crippen molar-refractivity contribution in [1.82, 2.24) is 4.90 Å². The molecule has 0 radical (unpaired) electrons. The van der Waals surface area contributed by atoms with E-state index < -0.39 is 0 Å². The number of hydrogen-bond donors (Lipinski definition) is 0. The minimum Gasteiger partial charge on any atom is -0.497 e. The average molecular weight is 352 g/mol. The zero-order chi connectivity index (χ0) is 18.7. The lowest BCUT2D eigenvalue weighted by Gasteiger charge is -2.28. The number of ether oxygens (including phenoxy) is 1. The van der Waals surface area contributed by atoms with Gasteiger partial charge in [-0.3, -0.25) is 9.59 Å². The van der Waals surface area contributed by atoms with Crippen molar-refractivity contribution in [2.75, 3.05) is 25.6 Å². The number of carbonyl (C=O) groups is 2. The summed E-state index contributed by atoms with van der Waals surface area (Å²) in [6.45, 7) is 2.40. The Morgan fingerprint density at radius 3 is 2.62 bits per heavy atom. The SMILES string of the molecule is COc1cccc(N2CC(C(=O)N(C)C(C)c3ccccc3)CC2=O)c1. The monoisotopic (exact) mass is 352 g/mol. The van der Waals surface area contributed by atoms with Gasteiger partial charge in [0.15, 0.2) is 0 Å². The first-order valence-corrected chi connectivity index (χ1v) is 8.77. The highest BCUT2D eigenvalue weighted by Crippen LogP contribution is 2.30. The van der Waals surface area contributed by atoms with E-state index in [0.717, 1.165) is 11.3 Å². The van der Waals surface area contributed by atoms with Crippen LogP contribution in [0.3, 0.4) is 0 Å². The second kappa shape index (κ2) is 7.60. The van der Waals surface area contributed by atoms with Crippen molar-refractivity contribution in [1.29, 1.82) is 0 Å². The van der Waals surface area contributed by atoms with Crippen molar-refractivity contribution in [3.8, 4) is 5.75 Å². The summed E-state index contributed by atoms with van der Waals surface area (Å²) in [7, 11) is 3.40. The molecule has 26 heavy (non-hydrogen) atoms. The summed E-state index contributed by atoms with van der Waals surface area (Å²) in [5, 5.41) is 0. The second-order valence-electron chi connectivity index (χ2n) is 6.64.